The number of carbonyl (C=O) groups is 4. The standard InChI is InChI=1S/C21H17NO8S/c1-2-30-21(27)16(11-13-7-9-14(10-8-13)20(25)26)17(23)12-22-19(24)15-5-3-4-6-18(15)31(22,28)29/h3-11H,2,12H2,1H3,(H,25,26)/b16-11-. The minimum atomic E-state index is -4.23. The van der Waals surface area contributed by atoms with Gasteiger partial charge in [-0.05, 0) is 42.8 Å². The minimum Gasteiger partial charge on any atom is -0.478 e. The lowest BCUT2D eigenvalue weighted by atomic mass is 10.1. The number of ketones is 1. The van der Waals surface area contributed by atoms with Gasteiger partial charge in [0.1, 0.15) is 17.0 Å². The number of aromatic carboxylic acids is 1. The monoisotopic (exact) mass is 443 g/mol. The molecule has 10 heteroatoms. The smallest absolute Gasteiger partial charge is 0.341 e. The Balaban J connectivity index is 1.94. The Labute approximate surface area is 177 Å². The molecular formula is C21H17NO8S. The van der Waals surface area contributed by atoms with Crippen LogP contribution in [0.15, 0.2) is 59.0 Å². The van der Waals surface area contributed by atoms with Gasteiger partial charge in [0.05, 0.1) is 17.7 Å². The number of amides is 1. The van der Waals surface area contributed by atoms with Gasteiger partial charge in [0.15, 0.2) is 5.78 Å². The van der Waals surface area contributed by atoms with Gasteiger partial charge < -0.3 is 9.84 Å². The highest BCUT2D eigenvalue weighted by atomic mass is 32.2. The number of rotatable bonds is 7. The van der Waals surface area contributed by atoms with Gasteiger partial charge in [-0.25, -0.2) is 22.3 Å². The quantitative estimate of drug-likeness (QED) is 0.296. The fourth-order valence-electron chi connectivity index (χ4n) is 2.95. The lowest BCUT2D eigenvalue weighted by Gasteiger charge is -2.15. The average Bonchev–Trinajstić information content (AvgIpc) is 2.93. The van der Waals surface area contributed by atoms with Crippen LogP contribution in [0, 0.1) is 0 Å². The lowest BCUT2D eigenvalue weighted by Crippen LogP contribution is -2.36. The SMILES string of the molecule is CCOC(=O)/C(=C\c1ccc(C(=O)O)cc1)C(=O)CN1C(=O)c2ccccc2S1(=O)=O. The van der Waals surface area contributed by atoms with Crippen LogP contribution in [-0.4, -0.2) is 54.6 Å². The second kappa shape index (κ2) is 8.52. The Hall–Kier alpha value is -3.79. The highest BCUT2D eigenvalue weighted by Gasteiger charge is 2.42. The number of benzene rings is 2. The number of ether oxygens (including phenoxy) is 1. The van der Waals surface area contributed by atoms with E-state index in [0.29, 0.717) is 9.87 Å². The maximum atomic E-state index is 12.9. The van der Waals surface area contributed by atoms with Crippen LogP contribution in [0.3, 0.4) is 0 Å². The van der Waals surface area contributed by atoms with E-state index in [1.807, 2.05) is 0 Å². The molecule has 0 atom stereocenters. The Bertz CT molecular complexity index is 1210. The van der Waals surface area contributed by atoms with Crippen LogP contribution in [0.1, 0.15) is 33.2 Å². The molecule has 1 amide bonds. The number of Topliss-reactive ketones (excluding diaryl/α,β-unsaturated/α-hetero) is 1. The van der Waals surface area contributed by atoms with Crippen molar-refractivity contribution in [2.24, 2.45) is 0 Å². The molecule has 1 aliphatic rings. The Morgan fingerprint density at radius 1 is 1.06 bits per heavy atom. The van der Waals surface area contributed by atoms with Gasteiger partial charge in [0.25, 0.3) is 15.9 Å². The normalized spacial score (nSPS) is 14.8. The summed E-state index contributed by atoms with van der Waals surface area (Å²) in [6.07, 6.45) is 1.16. The molecule has 1 aliphatic heterocycles. The van der Waals surface area contributed by atoms with Crippen molar-refractivity contribution in [2.45, 2.75) is 11.8 Å². The molecule has 0 aromatic heterocycles. The second-order valence-electron chi connectivity index (χ2n) is 6.44. The van der Waals surface area contributed by atoms with E-state index in [1.165, 1.54) is 55.5 Å². The maximum Gasteiger partial charge on any atom is 0.341 e. The molecule has 0 radical (unpaired) electrons. The molecule has 0 bridgehead atoms. The van der Waals surface area contributed by atoms with Crippen LogP contribution in [0.4, 0.5) is 0 Å². The van der Waals surface area contributed by atoms with Crippen LogP contribution in [0.2, 0.25) is 0 Å². The number of esters is 1. The zero-order valence-corrected chi connectivity index (χ0v) is 17.1. The number of sulfonamides is 1. The first kappa shape index (κ1) is 21.9. The highest BCUT2D eigenvalue weighted by Crippen LogP contribution is 2.30. The average molecular weight is 443 g/mol. The van der Waals surface area contributed by atoms with E-state index >= 15 is 0 Å². The Morgan fingerprint density at radius 2 is 1.71 bits per heavy atom. The van der Waals surface area contributed by atoms with Crippen molar-refractivity contribution in [2.75, 3.05) is 13.2 Å². The first-order valence-corrected chi connectivity index (χ1v) is 10.5. The molecule has 0 spiro atoms. The van der Waals surface area contributed by atoms with E-state index in [9.17, 15) is 27.6 Å². The molecular weight excluding hydrogens is 426 g/mol. The van der Waals surface area contributed by atoms with Crippen molar-refractivity contribution in [3.63, 3.8) is 0 Å². The number of fused-ring (bicyclic) bond motifs is 1. The molecule has 0 fully saturated rings. The van der Waals surface area contributed by atoms with Crippen LogP contribution >= 0.6 is 0 Å². The summed E-state index contributed by atoms with van der Waals surface area (Å²) in [5, 5.41) is 8.97. The third kappa shape index (κ3) is 4.24. The largest absolute Gasteiger partial charge is 0.478 e. The number of carboxylic acid groups (broad SMARTS) is 1. The van der Waals surface area contributed by atoms with Crippen molar-refractivity contribution >= 4 is 39.7 Å². The minimum absolute atomic E-state index is 0.00711. The topological polar surface area (TPSA) is 135 Å². The molecule has 1 heterocycles. The zero-order valence-electron chi connectivity index (χ0n) is 16.3. The molecule has 2 aromatic rings. The molecule has 160 valence electrons. The van der Waals surface area contributed by atoms with Crippen LogP contribution in [-0.2, 0) is 24.3 Å². The molecule has 3 rings (SSSR count). The fourth-order valence-corrected chi connectivity index (χ4v) is 4.48. The number of nitrogens with zero attached hydrogens (tertiary/aromatic N) is 1. The van der Waals surface area contributed by atoms with E-state index in [0.717, 1.165) is 6.08 Å². The summed E-state index contributed by atoms with van der Waals surface area (Å²) < 4.78 is 30.6. The van der Waals surface area contributed by atoms with Crippen LogP contribution in [0.5, 0.6) is 0 Å². The summed E-state index contributed by atoms with van der Waals surface area (Å²) in [6, 6.07) is 10.9. The molecule has 31 heavy (non-hydrogen) atoms. The van der Waals surface area contributed by atoms with Gasteiger partial charge in [-0.3, -0.25) is 9.59 Å². The summed E-state index contributed by atoms with van der Waals surface area (Å²) in [5.74, 6) is -3.94. The van der Waals surface area contributed by atoms with Gasteiger partial charge in [-0.15, -0.1) is 0 Å². The van der Waals surface area contributed by atoms with Crippen molar-refractivity contribution in [3.8, 4) is 0 Å². The van der Waals surface area contributed by atoms with Crippen LogP contribution < -0.4 is 0 Å². The predicted molar refractivity (Wildman–Crippen MR) is 108 cm³/mol. The Kier molecular flexibility index (Phi) is 6.02. The molecule has 0 aliphatic carbocycles. The molecule has 2 aromatic carbocycles. The highest BCUT2D eigenvalue weighted by molar-refractivity contribution is 7.90. The summed E-state index contributed by atoms with van der Waals surface area (Å²) >= 11 is 0. The third-order valence-electron chi connectivity index (χ3n) is 4.46. The van der Waals surface area contributed by atoms with Gasteiger partial charge in [0.2, 0.25) is 0 Å². The molecule has 0 saturated heterocycles. The van der Waals surface area contributed by atoms with Crippen molar-refractivity contribution in [1.29, 1.82) is 0 Å². The Morgan fingerprint density at radius 3 is 2.29 bits per heavy atom. The van der Waals surface area contributed by atoms with Gasteiger partial charge >= 0.3 is 11.9 Å². The fraction of sp³-hybridized carbons (Fsp3) is 0.143. The van der Waals surface area contributed by atoms with Gasteiger partial charge in [-0.1, -0.05) is 24.3 Å². The molecule has 9 nitrogen and oxygen atoms in total. The first-order valence-electron chi connectivity index (χ1n) is 9.08. The van der Waals surface area contributed by atoms with Crippen molar-refractivity contribution in [1.82, 2.24) is 4.31 Å². The zero-order chi connectivity index (χ0) is 22.8. The van der Waals surface area contributed by atoms with E-state index < -0.39 is 45.8 Å². The van der Waals surface area contributed by atoms with E-state index in [2.05, 4.69) is 0 Å². The van der Waals surface area contributed by atoms with Crippen molar-refractivity contribution in [3.05, 3.63) is 70.8 Å². The number of carboxylic acids is 1. The molecule has 0 saturated carbocycles. The number of carbonyl (C=O) groups excluding carboxylic acids is 3. The molecule has 1 N–H and O–H groups in total. The van der Waals surface area contributed by atoms with Gasteiger partial charge in [-0.2, -0.15) is 0 Å². The van der Waals surface area contributed by atoms with E-state index in [1.54, 1.807) is 0 Å². The predicted octanol–water partition coefficient (Wildman–Crippen LogP) is 1.75. The van der Waals surface area contributed by atoms with E-state index in [4.69, 9.17) is 9.84 Å². The third-order valence-corrected chi connectivity index (χ3v) is 6.25. The summed E-state index contributed by atoms with van der Waals surface area (Å²) in [4.78, 5) is 48.5. The summed E-state index contributed by atoms with van der Waals surface area (Å²) in [6.45, 7) is 0.619. The second-order valence-corrected chi connectivity index (χ2v) is 8.27. The lowest BCUT2D eigenvalue weighted by molar-refractivity contribution is -0.139. The first-order chi connectivity index (χ1) is 14.7. The summed E-state index contributed by atoms with van der Waals surface area (Å²) in [7, 11) is -4.23. The maximum absolute atomic E-state index is 12.9. The van der Waals surface area contributed by atoms with Gasteiger partial charge in [0, 0.05) is 0 Å². The van der Waals surface area contributed by atoms with Crippen molar-refractivity contribution < 1.29 is 37.4 Å². The number of hydrogen-bond donors (Lipinski definition) is 1. The summed E-state index contributed by atoms with van der Waals surface area (Å²) in [5.41, 5.74) is -0.196. The number of hydrogen-bond acceptors (Lipinski definition) is 7. The molecule has 0 unspecified atom stereocenters. The van der Waals surface area contributed by atoms with Crippen LogP contribution in [0.25, 0.3) is 6.08 Å². The van der Waals surface area contributed by atoms with E-state index in [-0.39, 0.29) is 22.6 Å².